The van der Waals surface area contributed by atoms with E-state index in [2.05, 4.69) is 32.9 Å². The number of carbonyl (C=O) groups is 1. The van der Waals surface area contributed by atoms with Gasteiger partial charge in [-0.05, 0) is 37.8 Å². The molecule has 112 valence electrons. The highest BCUT2D eigenvalue weighted by atomic mass is 16.5. The van der Waals surface area contributed by atoms with Crippen molar-refractivity contribution in [3.05, 3.63) is 35.4 Å². The van der Waals surface area contributed by atoms with Gasteiger partial charge in [0.1, 0.15) is 12.1 Å². The van der Waals surface area contributed by atoms with Crippen LogP contribution in [0.2, 0.25) is 0 Å². The number of rotatable bonds is 6. The van der Waals surface area contributed by atoms with Gasteiger partial charge in [-0.15, -0.1) is 0 Å². The van der Waals surface area contributed by atoms with E-state index in [1.165, 1.54) is 11.1 Å². The van der Waals surface area contributed by atoms with E-state index in [1.54, 1.807) is 6.92 Å². The summed E-state index contributed by atoms with van der Waals surface area (Å²) in [6.45, 7) is 10.1. The van der Waals surface area contributed by atoms with Crippen molar-refractivity contribution in [3.63, 3.8) is 0 Å². The molecule has 0 fully saturated rings. The fraction of sp³-hybridized carbons (Fsp3) is 0.588. The van der Waals surface area contributed by atoms with Crippen LogP contribution in [0.25, 0.3) is 0 Å². The van der Waals surface area contributed by atoms with Gasteiger partial charge >= 0.3 is 5.97 Å². The molecule has 0 aliphatic heterocycles. The van der Waals surface area contributed by atoms with Crippen molar-refractivity contribution in [1.82, 2.24) is 0 Å². The summed E-state index contributed by atoms with van der Waals surface area (Å²) in [4.78, 5) is 11.7. The molecule has 1 aromatic rings. The van der Waals surface area contributed by atoms with Crippen molar-refractivity contribution >= 4 is 5.97 Å². The molecular formula is C17H27NO2. The Bertz CT molecular complexity index is 442. The highest BCUT2D eigenvalue weighted by molar-refractivity contribution is 5.75. The number of aryl methyl sites for hydroxylation is 1. The van der Waals surface area contributed by atoms with Crippen LogP contribution < -0.4 is 5.73 Å². The molecular weight excluding hydrogens is 250 g/mol. The Morgan fingerprint density at radius 3 is 2.35 bits per heavy atom. The average Bonchev–Trinajstić information content (AvgIpc) is 2.40. The van der Waals surface area contributed by atoms with E-state index in [0.29, 0.717) is 5.92 Å². The molecule has 0 heterocycles. The number of nitrogens with two attached hydrogens (primary N) is 1. The molecule has 4 atom stereocenters. The Kier molecular flexibility index (Phi) is 6.21. The second-order valence-electron chi connectivity index (χ2n) is 5.70. The topological polar surface area (TPSA) is 52.3 Å². The Morgan fingerprint density at radius 2 is 1.85 bits per heavy atom. The van der Waals surface area contributed by atoms with Crippen molar-refractivity contribution in [2.75, 3.05) is 0 Å². The summed E-state index contributed by atoms with van der Waals surface area (Å²) in [5.74, 6) is 0.301. The fourth-order valence-corrected chi connectivity index (χ4v) is 2.60. The van der Waals surface area contributed by atoms with Crippen LogP contribution in [0.4, 0.5) is 0 Å². The lowest BCUT2D eigenvalue weighted by atomic mass is 9.80. The molecule has 0 bridgehead atoms. The third-order valence-corrected chi connectivity index (χ3v) is 3.98. The molecule has 0 aliphatic rings. The predicted octanol–water partition coefficient (Wildman–Crippen LogP) is 3.40. The summed E-state index contributed by atoms with van der Waals surface area (Å²) in [7, 11) is 0. The molecule has 0 aromatic heterocycles. The van der Waals surface area contributed by atoms with Crippen molar-refractivity contribution in [3.8, 4) is 0 Å². The van der Waals surface area contributed by atoms with Gasteiger partial charge in [-0.25, -0.2) is 0 Å². The monoisotopic (exact) mass is 277 g/mol. The van der Waals surface area contributed by atoms with Crippen molar-refractivity contribution in [1.29, 1.82) is 0 Å². The van der Waals surface area contributed by atoms with Crippen molar-refractivity contribution in [2.24, 2.45) is 11.7 Å². The lowest BCUT2D eigenvalue weighted by Crippen LogP contribution is -2.35. The van der Waals surface area contributed by atoms with Gasteiger partial charge in [-0.1, -0.05) is 44.5 Å². The van der Waals surface area contributed by atoms with E-state index in [-0.39, 0.29) is 18.0 Å². The molecule has 0 saturated carbocycles. The molecule has 3 heteroatoms. The normalized spacial score (nSPS) is 17.1. The van der Waals surface area contributed by atoms with Crippen LogP contribution in [0, 0.1) is 12.8 Å². The molecule has 0 spiro atoms. The molecule has 2 N–H and O–H groups in total. The van der Waals surface area contributed by atoms with Gasteiger partial charge in [-0.2, -0.15) is 0 Å². The van der Waals surface area contributed by atoms with Crippen LogP contribution >= 0.6 is 0 Å². The van der Waals surface area contributed by atoms with Gasteiger partial charge in [0.05, 0.1) is 0 Å². The summed E-state index contributed by atoms with van der Waals surface area (Å²) in [5, 5.41) is 0. The molecule has 1 rings (SSSR count). The van der Waals surface area contributed by atoms with Crippen molar-refractivity contribution < 1.29 is 9.53 Å². The highest BCUT2D eigenvalue weighted by Crippen LogP contribution is 2.33. The van der Waals surface area contributed by atoms with E-state index < -0.39 is 6.04 Å². The van der Waals surface area contributed by atoms with Gasteiger partial charge in [0, 0.05) is 5.92 Å². The molecule has 0 saturated heterocycles. The van der Waals surface area contributed by atoms with Crippen LogP contribution in [0.1, 0.15) is 51.2 Å². The van der Waals surface area contributed by atoms with Crippen LogP contribution in [0.3, 0.4) is 0 Å². The largest absolute Gasteiger partial charge is 0.461 e. The van der Waals surface area contributed by atoms with Gasteiger partial charge in [0.15, 0.2) is 0 Å². The molecule has 1 aromatic carbocycles. The lowest BCUT2D eigenvalue weighted by molar-refractivity contribution is -0.151. The molecule has 0 radical (unpaired) electrons. The molecule has 3 nitrogen and oxygen atoms in total. The summed E-state index contributed by atoms with van der Waals surface area (Å²) in [5.41, 5.74) is 8.08. The SMILES string of the molecule is CCC(C)[C@@H](c1ccccc1C)[C@H](C)OC(=O)[C@H](C)N. The number of esters is 1. The minimum Gasteiger partial charge on any atom is -0.461 e. The Hall–Kier alpha value is -1.35. The van der Waals surface area contributed by atoms with Crippen LogP contribution in [-0.4, -0.2) is 18.1 Å². The maximum Gasteiger partial charge on any atom is 0.322 e. The van der Waals surface area contributed by atoms with E-state index in [1.807, 2.05) is 19.1 Å². The minimum atomic E-state index is -0.577. The Morgan fingerprint density at radius 1 is 1.25 bits per heavy atom. The molecule has 1 unspecified atom stereocenters. The maximum atomic E-state index is 11.7. The summed E-state index contributed by atoms with van der Waals surface area (Å²) in [6.07, 6.45) is 0.864. The zero-order valence-corrected chi connectivity index (χ0v) is 13.2. The highest BCUT2D eigenvalue weighted by Gasteiger charge is 2.28. The third kappa shape index (κ3) is 4.07. The molecule has 0 amide bonds. The van der Waals surface area contributed by atoms with E-state index in [4.69, 9.17) is 10.5 Å². The zero-order chi connectivity index (χ0) is 15.3. The fourth-order valence-electron chi connectivity index (χ4n) is 2.60. The lowest BCUT2D eigenvalue weighted by Gasteiger charge is -2.30. The summed E-state index contributed by atoms with van der Waals surface area (Å²) < 4.78 is 5.54. The first kappa shape index (κ1) is 16.7. The average molecular weight is 277 g/mol. The Balaban J connectivity index is 3.01. The zero-order valence-electron chi connectivity index (χ0n) is 13.2. The first-order valence-corrected chi connectivity index (χ1v) is 7.40. The second kappa shape index (κ2) is 7.44. The third-order valence-electron chi connectivity index (χ3n) is 3.98. The van der Waals surface area contributed by atoms with Crippen LogP contribution in [0.15, 0.2) is 24.3 Å². The number of benzene rings is 1. The standard InChI is InChI=1S/C17H27NO2/c1-6-11(2)16(14(5)20-17(19)13(4)18)15-10-8-7-9-12(15)3/h7-11,13-14,16H,6,18H2,1-5H3/t11?,13-,14-,16+/m0/s1. The smallest absolute Gasteiger partial charge is 0.322 e. The second-order valence-corrected chi connectivity index (χ2v) is 5.70. The first-order chi connectivity index (χ1) is 9.38. The van der Waals surface area contributed by atoms with E-state index in [0.717, 1.165) is 6.42 Å². The first-order valence-electron chi connectivity index (χ1n) is 7.40. The molecule has 20 heavy (non-hydrogen) atoms. The van der Waals surface area contributed by atoms with Gasteiger partial charge in [0.25, 0.3) is 0 Å². The number of ether oxygens (including phenoxy) is 1. The number of hydrogen-bond acceptors (Lipinski definition) is 3. The van der Waals surface area contributed by atoms with E-state index in [9.17, 15) is 4.79 Å². The maximum absolute atomic E-state index is 11.7. The quantitative estimate of drug-likeness (QED) is 0.811. The predicted molar refractivity (Wildman–Crippen MR) is 82.6 cm³/mol. The summed E-state index contributed by atoms with van der Waals surface area (Å²) >= 11 is 0. The van der Waals surface area contributed by atoms with Gasteiger partial charge in [0.2, 0.25) is 0 Å². The van der Waals surface area contributed by atoms with E-state index >= 15 is 0 Å². The van der Waals surface area contributed by atoms with Crippen LogP contribution in [0.5, 0.6) is 0 Å². The number of carbonyl (C=O) groups excluding carboxylic acids is 1. The number of hydrogen-bond donors (Lipinski definition) is 1. The summed E-state index contributed by atoms with van der Waals surface area (Å²) in [6, 6.07) is 7.72. The van der Waals surface area contributed by atoms with Crippen molar-refractivity contribution in [2.45, 2.75) is 59.1 Å². The Labute approximate surface area is 122 Å². The van der Waals surface area contributed by atoms with Gasteiger partial charge < -0.3 is 10.5 Å². The minimum absolute atomic E-state index is 0.176. The molecule has 0 aliphatic carbocycles. The van der Waals surface area contributed by atoms with Gasteiger partial charge in [-0.3, -0.25) is 4.79 Å². The van der Waals surface area contributed by atoms with Crippen LogP contribution in [-0.2, 0) is 9.53 Å².